The Labute approximate surface area is 160 Å². The van der Waals surface area contributed by atoms with Gasteiger partial charge < -0.3 is 9.84 Å². The molecule has 1 heterocycles. The first kappa shape index (κ1) is 17.9. The van der Waals surface area contributed by atoms with Crippen molar-refractivity contribution in [3.05, 3.63) is 76.6 Å². The zero-order valence-electron chi connectivity index (χ0n) is 15.0. The molecule has 1 N–H and O–H groups in total. The summed E-state index contributed by atoms with van der Waals surface area (Å²) in [6.45, 7) is 1.37. The number of carboxylic acid groups (broad SMARTS) is 1. The number of fused-ring (bicyclic) bond motifs is 2. The van der Waals surface area contributed by atoms with Gasteiger partial charge in [0.25, 0.3) is 0 Å². The fraction of sp³-hybridized carbons (Fsp3) is 0.182. The molecule has 1 aromatic carbocycles. The van der Waals surface area contributed by atoms with E-state index in [9.17, 15) is 24.3 Å². The van der Waals surface area contributed by atoms with E-state index in [1.807, 2.05) is 0 Å². The number of carbonyl (C=O) groups excluding carboxylic acids is 3. The van der Waals surface area contributed by atoms with Gasteiger partial charge in [0.15, 0.2) is 17.3 Å². The van der Waals surface area contributed by atoms with Crippen LogP contribution in [-0.2, 0) is 14.3 Å². The number of hydrogen-bond donors (Lipinski definition) is 1. The monoisotopic (exact) mass is 376 g/mol. The average molecular weight is 376 g/mol. The zero-order chi connectivity index (χ0) is 20.0. The van der Waals surface area contributed by atoms with Crippen molar-refractivity contribution in [2.45, 2.75) is 19.4 Å². The summed E-state index contributed by atoms with van der Waals surface area (Å²) in [5.41, 5.74) is 2.01. The Hall–Kier alpha value is -3.54. The zero-order valence-corrected chi connectivity index (χ0v) is 15.0. The van der Waals surface area contributed by atoms with Gasteiger partial charge in [0, 0.05) is 29.6 Å². The molecule has 0 saturated heterocycles. The first-order valence-corrected chi connectivity index (χ1v) is 8.80. The van der Waals surface area contributed by atoms with Crippen molar-refractivity contribution in [2.75, 3.05) is 0 Å². The molecule has 6 nitrogen and oxygen atoms in total. The molecule has 2 unspecified atom stereocenters. The molecule has 6 heteroatoms. The van der Waals surface area contributed by atoms with Crippen molar-refractivity contribution in [1.29, 1.82) is 0 Å². The number of ether oxygens (including phenoxy) is 1. The topological polar surface area (TPSA) is 97.7 Å². The van der Waals surface area contributed by atoms with Gasteiger partial charge in [0.1, 0.15) is 11.9 Å². The van der Waals surface area contributed by atoms with E-state index in [-0.39, 0.29) is 35.3 Å². The molecular weight excluding hydrogens is 360 g/mol. The number of aromatic carboxylic acids is 1. The summed E-state index contributed by atoms with van der Waals surface area (Å²) in [6, 6.07) is 4.55. The van der Waals surface area contributed by atoms with Crippen LogP contribution in [0.15, 0.2) is 59.9 Å². The van der Waals surface area contributed by atoms with Crippen LogP contribution in [0.4, 0.5) is 0 Å². The maximum absolute atomic E-state index is 11.9. The predicted octanol–water partition coefficient (Wildman–Crippen LogP) is 2.91. The molecule has 0 aromatic heterocycles. The van der Waals surface area contributed by atoms with E-state index in [4.69, 9.17) is 4.74 Å². The van der Waals surface area contributed by atoms with E-state index in [0.717, 1.165) is 0 Å². The summed E-state index contributed by atoms with van der Waals surface area (Å²) in [5.74, 6) is -1.73. The van der Waals surface area contributed by atoms with E-state index < -0.39 is 12.1 Å². The highest BCUT2D eigenvalue weighted by Crippen LogP contribution is 2.45. The molecule has 2 aliphatic carbocycles. The van der Waals surface area contributed by atoms with E-state index in [1.165, 1.54) is 31.2 Å². The Bertz CT molecular complexity index is 1070. The lowest BCUT2D eigenvalue weighted by molar-refractivity contribution is -0.117. The first-order chi connectivity index (χ1) is 13.3. The second kappa shape index (κ2) is 6.56. The van der Waals surface area contributed by atoms with Crippen molar-refractivity contribution in [3.8, 4) is 0 Å². The first-order valence-electron chi connectivity index (χ1n) is 8.80. The fourth-order valence-corrected chi connectivity index (χ4v) is 3.79. The molecule has 0 fully saturated rings. The summed E-state index contributed by atoms with van der Waals surface area (Å²) >= 11 is 0. The number of Topliss-reactive ketones (excluding diaryl/α,β-unsaturated/α-hetero) is 1. The van der Waals surface area contributed by atoms with Crippen LogP contribution in [0.3, 0.4) is 0 Å². The fourth-order valence-electron chi connectivity index (χ4n) is 3.79. The Morgan fingerprint density at radius 1 is 1.14 bits per heavy atom. The summed E-state index contributed by atoms with van der Waals surface area (Å²) in [6.07, 6.45) is 7.16. The number of carbonyl (C=O) groups is 4. The number of allylic oxidation sites excluding steroid dienone is 4. The molecule has 0 spiro atoms. The van der Waals surface area contributed by atoms with Gasteiger partial charge in [0.05, 0.1) is 5.56 Å². The third-order valence-corrected chi connectivity index (χ3v) is 5.09. The van der Waals surface area contributed by atoms with Crippen molar-refractivity contribution in [2.24, 2.45) is 5.92 Å². The van der Waals surface area contributed by atoms with Gasteiger partial charge in [-0.3, -0.25) is 14.4 Å². The van der Waals surface area contributed by atoms with Crippen LogP contribution < -0.4 is 0 Å². The van der Waals surface area contributed by atoms with Crippen LogP contribution in [0.2, 0.25) is 0 Å². The van der Waals surface area contributed by atoms with Gasteiger partial charge in [-0.25, -0.2) is 4.79 Å². The highest BCUT2D eigenvalue weighted by molar-refractivity contribution is 6.05. The van der Waals surface area contributed by atoms with Gasteiger partial charge in [-0.1, -0.05) is 18.2 Å². The Morgan fingerprint density at radius 3 is 2.64 bits per heavy atom. The molecule has 140 valence electrons. The largest absolute Gasteiger partial charge is 0.488 e. The van der Waals surface area contributed by atoms with E-state index in [1.54, 1.807) is 24.3 Å². The van der Waals surface area contributed by atoms with E-state index >= 15 is 0 Å². The molecular formula is C22H16O6. The molecule has 0 amide bonds. The molecule has 1 aromatic rings. The average Bonchev–Trinajstić information content (AvgIpc) is 2.65. The number of hydrogen-bond acceptors (Lipinski definition) is 5. The smallest absolute Gasteiger partial charge is 0.336 e. The molecule has 0 radical (unpaired) electrons. The molecule has 0 bridgehead atoms. The third kappa shape index (κ3) is 2.93. The lowest BCUT2D eigenvalue weighted by atomic mass is 9.76. The predicted molar refractivity (Wildman–Crippen MR) is 99.7 cm³/mol. The van der Waals surface area contributed by atoms with Crippen molar-refractivity contribution in [3.63, 3.8) is 0 Å². The summed E-state index contributed by atoms with van der Waals surface area (Å²) in [5, 5.41) is 9.75. The van der Waals surface area contributed by atoms with Gasteiger partial charge in [-0.05, 0) is 42.4 Å². The summed E-state index contributed by atoms with van der Waals surface area (Å²) < 4.78 is 5.91. The van der Waals surface area contributed by atoms with Crippen molar-refractivity contribution in [1.82, 2.24) is 0 Å². The number of ketones is 3. The molecule has 28 heavy (non-hydrogen) atoms. The Kier molecular flexibility index (Phi) is 4.19. The number of rotatable bonds is 3. The van der Waals surface area contributed by atoms with Gasteiger partial charge in [-0.15, -0.1) is 0 Å². The maximum atomic E-state index is 11.9. The second-order valence-corrected chi connectivity index (χ2v) is 6.90. The quantitative estimate of drug-likeness (QED) is 0.815. The van der Waals surface area contributed by atoms with Crippen LogP contribution in [0.1, 0.15) is 39.6 Å². The van der Waals surface area contributed by atoms with Gasteiger partial charge >= 0.3 is 5.97 Å². The van der Waals surface area contributed by atoms with Crippen LogP contribution in [0.25, 0.3) is 5.57 Å². The van der Waals surface area contributed by atoms with Crippen LogP contribution in [-0.4, -0.2) is 34.5 Å². The Balaban J connectivity index is 1.99. The van der Waals surface area contributed by atoms with E-state index in [0.29, 0.717) is 28.0 Å². The molecule has 0 saturated carbocycles. The van der Waals surface area contributed by atoms with Crippen LogP contribution in [0.5, 0.6) is 0 Å². The SMILES string of the molecule is CC(=O)c1ccc(C2=C3C=CC(=O)C=C3OC3CC(=O)C=CC23)c(C(=O)O)c1. The number of carboxylic acids is 1. The third-order valence-electron chi connectivity index (χ3n) is 5.09. The molecule has 3 aliphatic rings. The minimum Gasteiger partial charge on any atom is -0.488 e. The highest BCUT2D eigenvalue weighted by atomic mass is 16.5. The summed E-state index contributed by atoms with van der Waals surface area (Å²) in [4.78, 5) is 47.3. The van der Waals surface area contributed by atoms with Crippen molar-refractivity contribution >= 4 is 28.9 Å². The minimum atomic E-state index is -1.16. The normalized spacial score (nSPS) is 23.0. The maximum Gasteiger partial charge on any atom is 0.336 e. The lowest BCUT2D eigenvalue weighted by Gasteiger charge is -2.37. The lowest BCUT2D eigenvalue weighted by Crippen LogP contribution is -2.34. The molecule has 2 atom stereocenters. The van der Waals surface area contributed by atoms with Gasteiger partial charge in [0.2, 0.25) is 0 Å². The van der Waals surface area contributed by atoms with Crippen molar-refractivity contribution < 1.29 is 29.0 Å². The summed E-state index contributed by atoms with van der Waals surface area (Å²) in [7, 11) is 0. The number of benzene rings is 1. The second-order valence-electron chi connectivity index (χ2n) is 6.90. The Morgan fingerprint density at radius 2 is 1.93 bits per heavy atom. The van der Waals surface area contributed by atoms with E-state index in [2.05, 4.69) is 0 Å². The standard InChI is InChI=1S/C22H16O6/c1-11(23)12-2-5-15(18(8-12)22(26)27)21-16-6-3-13(24)9-19(16)28-20-10-14(25)4-7-17(20)21/h2-9,17,20H,10H2,1H3,(H,26,27). The van der Waals surface area contributed by atoms with Gasteiger partial charge in [-0.2, -0.15) is 0 Å². The minimum absolute atomic E-state index is 0.00852. The van der Waals surface area contributed by atoms with Crippen LogP contribution in [0, 0.1) is 5.92 Å². The van der Waals surface area contributed by atoms with Crippen LogP contribution >= 0.6 is 0 Å². The highest BCUT2D eigenvalue weighted by Gasteiger charge is 2.39. The molecule has 4 rings (SSSR count). The molecule has 1 aliphatic heterocycles.